The van der Waals surface area contributed by atoms with Gasteiger partial charge in [-0.05, 0) is 18.4 Å². The van der Waals surface area contributed by atoms with Gasteiger partial charge in [0, 0.05) is 25.9 Å². The number of ether oxygens (including phenoxy) is 1. The summed E-state index contributed by atoms with van der Waals surface area (Å²) in [6.07, 6.45) is 0.867. The Morgan fingerprint density at radius 2 is 1.76 bits per heavy atom. The Kier molecular flexibility index (Phi) is 5.11. The fraction of sp³-hybridized carbons (Fsp3) is 0.444. The number of carbonyl (C=O) groups is 4. The van der Waals surface area contributed by atoms with E-state index in [4.69, 9.17) is 4.74 Å². The summed E-state index contributed by atoms with van der Waals surface area (Å²) in [6, 6.07) is 9.33. The standard InChI is InChI=1S/C18H20N2O5/c21-15-8-9-16(22)20(15)17(23)14-7-4-10-19(11-14)18(24)25-12-13-5-2-1-3-6-13/h1-3,5-6,14H,4,7-12H2. The van der Waals surface area contributed by atoms with Crippen LogP contribution in [0.3, 0.4) is 0 Å². The highest BCUT2D eigenvalue weighted by Gasteiger charge is 2.40. The van der Waals surface area contributed by atoms with Gasteiger partial charge in [-0.1, -0.05) is 30.3 Å². The predicted molar refractivity (Wildman–Crippen MR) is 87.0 cm³/mol. The Morgan fingerprint density at radius 3 is 2.44 bits per heavy atom. The largest absolute Gasteiger partial charge is 0.445 e. The highest BCUT2D eigenvalue weighted by Crippen LogP contribution is 2.23. The predicted octanol–water partition coefficient (Wildman–Crippen LogP) is 1.71. The molecule has 1 atom stereocenters. The number of benzene rings is 1. The second-order valence-corrected chi connectivity index (χ2v) is 6.29. The maximum atomic E-state index is 12.5. The fourth-order valence-electron chi connectivity index (χ4n) is 3.16. The zero-order chi connectivity index (χ0) is 17.8. The van der Waals surface area contributed by atoms with Crippen LogP contribution in [0.2, 0.25) is 0 Å². The van der Waals surface area contributed by atoms with Crippen LogP contribution in [0.5, 0.6) is 0 Å². The molecule has 7 heteroatoms. The zero-order valence-electron chi connectivity index (χ0n) is 13.8. The Bertz CT molecular complexity index is 672. The van der Waals surface area contributed by atoms with Gasteiger partial charge in [0.2, 0.25) is 17.7 Å². The Hall–Kier alpha value is -2.70. The molecule has 3 rings (SSSR count). The maximum Gasteiger partial charge on any atom is 0.410 e. The first-order chi connectivity index (χ1) is 12.1. The summed E-state index contributed by atoms with van der Waals surface area (Å²) in [7, 11) is 0. The molecule has 0 aliphatic carbocycles. The minimum absolute atomic E-state index is 0.0835. The van der Waals surface area contributed by atoms with Crippen LogP contribution in [-0.4, -0.2) is 46.7 Å². The molecule has 0 saturated carbocycles. The molecule has 0 N–H and O–H groups in total. The van der Waals surface area contributed by atoms with Crippen molar-refractivity contribution >= 4 is 23.8 Å². The van der Waals surface area contributed by atoms with Crippen LogP contribution in [0.15, 0.2) is 30.3 Å². The quantitative estimate of drug-likeness (QED) is 0.780. The van der Waals surface area contributed by atoms with E-state index in [1.165, 1.54) is 4.90 Å². The van der Waals surface area contributed by atoms with Crippen molar-refractivity contribution in [3.8, 4) is 0 Å². The van der Waals surface area contributed by atoms with E-state index < -0.39 is 29.7 Å². The third kappa shape index (κ3) is 3.87. The molecule has 2 aliphatic heterocycles. The number of amides is 4. The minimum atomic E-state index is -0.538. The van der Waals surface area contributed by atoms with E-state index in [-0.39, 0.29) is 26.0 Å². The topological polar surface area (TPSA) is 84.0 Å². The fourth-order valence-corrected chi connectivity index (χ4v) is 3.16. The molecule has 0 spiro atoms. The molecule has 0 radical (unpaired) electrons. The normalized spacial score (nSPS) is 20.7. The maximum absolute atomic E-state index is 12.5. The van der Waals surface area contributed by atoms with Gasteiger partial charge in [-0.3, -0.25) is 14.4 Å². The number of imide groups is 3. The third-order valence-electron chi connectivity index (χ3n) is 4.51. The lowest BCUT2D eigenvalue weighted by molar-refractivity contribution is -0.152. The lowest BCUT2D eigenvalue weighted by atomic mass is 9.97. The number of rotatable bonds is 3. The van der Waals surface area contributed by atoms with Gasteiger partial charge < -0.3 is 9.64 Å². The summed E-state index contributed by atoms with van der Waals surface area (Å²) >= 11 is 0. The molecule has 2 heterocycles. The van der Waals surface area contributed by atoms with E-state index in [1.807, 2.05) is 30.3 Å². The lowest BCUT2D eigenvalue weighted by Gasteiger charge is -2.32. The number of nitrogens with zero attached hydrogens (tertiary/aromatic N) is 2. The molecule has 0 aromatic heterocycles. The molecule has 132 valence electrons. The van der Waals surface area contributed by atoms with Crippen molar-refractivity contribution in [2.75, 3.05) is 13.1 Å². The summed E-state index contributed by atoms with van der Waals surface area (Å²) in [5, 5.41) is 0. The van der Waals surface area contributed by atoms with Crippen molar-refractivity contribution in [1.82, 2.24) is 9.80 Å². The Morgan fingerprint density at radius 1 is 1.08 bits per heavy atom. The van der Waals surface area contributed by atoms with E-state index in [9.17, 15) is 19.2 Å². The molecule has 2 fully saturated rings. The zero-order valence-corrected chi connectivity index (χ0v) is 13.8. The molecular formula is C18H20N2O5. The first-order valence-electron chi connectivity index (χ1n) is 8.41. The molecule has 4 amide bonds. The number of hydrogen-bond acceptors (Lipinski definition) is 5. The molecule has 1 aromatic rings. The Labute approximate surface area is 145 Å². The minimum Gasteiger partial charge on any atom is -0.445 e. The van der Waals surface area contributed by atoms with Crippen molar-refractivity contribution in [2.24, 2.45) is 5.92 Å². The number of likely N-dealkylation sites (tertiary alicyclic amines) is 2. The van der Waals surface area contributed by atoms with Crippen LogP contribution in [-0.2, 0) is 25.7 Å². The van der Waals surface area contributed by atoms with E-state index in [2.05, 4.69) is 0 Å². The Balaban J connectivity index is 1.57. The molecule has 2 saturated heterocycles. The lowest BCUT2D eigenvalue weighted by Crippen LogP contribution is -2.48. The molecule has 1 unspecified atom stereocenters. The summed E-state index contributed by atoms with van der Waals surface area (Å²) < 4.78 is 5.29. The summed E-state index contributed by atoms with van der Waals surface area (Å²) in [6.45, 7) is 0.834. The molecular weight excluding hydrogens is 324 g/mol. The molecule has 0 bridgehead atoms. The van der Waals surface area contributed by atoms with E-state index in [1.54, 1.807) is 0 Å². The second-order valence-electron chi connectivity index (χ2n) is 6.29. The van der Waals surface area contributed by atoms with Crippen molar-refractivity contribution < 1.29 is 23.9 Å². The number of carbonyl (C=O) groups excluding carboxylic acids is 4. The van der Waals surface area contributed by atoms with E-state index in [0.29, 0.717) is 19.4 Å². The van der Waals surface area contributed by atoms with Crippen LogP contribution >= 0.6 is 0 Å². The van der Waals surface area contributed by atoms with Gasteiger partial charge in [0.1, 0.15) is 6.61 Å². The SMILES string of the molecule is O=C(OCc1ccccc1)N1CCCC(C(=O)N2C(=O)CCC2=O)C1. The van der Waals surface area contributed by atoms with Gasteiger partial charge in [0.05, 0.1) is 5.92 Å². The smallest absolute Gasteiger partial charge is 0.410 e. The number of hydrogen-bond donors (Lipinski definition) is 0. The first-order valence-corrected chi connectivity index (χ1v) is 8.41. The van der Waals surface area contributed by atoms with E-state index in [0.717, 1.165) is 10.5 Å². The van der Waals surface area contributed by atoms with Gasteiger partial charge >= 0.3 is 6.09 Å². The van der Waals surface area contributed by atoms with Crippen molar-refractivity contribution in [3.63, 3.8) is 0 Å². The molecule has 1 aromatic carbocycles. The van der Waals surface area contributed by atoms with Gasteiger partial charge in [-0.25, -0.2) is 9.69 Å². The van der Waals surface area contributed by atoms with Crippen LogP contribution < -0.4 is 0 Å². The first kappa shape index (κ1) is 17.1. The summed E-state index contributed by atoms with van der Waals surface area (Å²) in [5.41, 5.74) is 0.883. The highest BCUT2D eigenvalue weighted by molar-refractivity contribution is 6.15. The van der Waals surface area contributed by atoms with Crippen molar-refractivity contribution in [3.05, 3.63) is 35.9 Å². The van der Waals surface area contributed by atoms with Crippen LogP contribution in [0.25, 0.3) is 0 Å². The van der Waals surface area contributed by atoms with Gasteiger partial charge in [-0.2, -0.15) is 0 Å². The average Bonchev–Trinajstić information content (AvgIpc) is 2.98. The average molecular weight is 344 g/mol. The van der Waals surface area contributed by atoms with Crippen LogP contribution in [0.1, 0.15) is 31.2 Å². The summed E-state index contributed by atoms with van der Waals surface area (Å²) in [5.74, 6) is -1.92. The molecule has 7 nitrogen and oxygen atoms in total. The second kappa shape index (κ2) is 7.46. The van der Waals surface area contributed by atoms with Gasteiger partial charge in [0.25, 0.3) is 0 Å². The van der Waals surface area contributed by atoms with Crippen LogP contribution in [0.4, 0.5) is 4.79 Å². The summed E-state index contributed by atoms with van der Waals surface area (Å²) in [4.78, 5) is 50.4. The molecule has 25 heavy (non-hydrogen) atoms. The van der Waals surface area contributed by atoms with Crippen molar-refractivity contribution in [2.45, 2.75) is 32.3 Å². The van der Waals surface area contributed by atoms with E-state index >= 15 is 0 Å². The van der Waals surface area contributed by atoms with Crippen LogP contribution in [0, 0.1) is 5.92 Å². The highest BCUT2D eigenvalue weighted by atomic mass is 16.6. The van der Waals surface area contributed by atoms with Gasteiger partial charge in [0.15, 0.2) is 0 Å². The number of piperidine rings is 1. The molecule has 2 aliphatic rings. The van der Waals surface area contributed by atoms with Crippen molar-refractivity contribution in [1.29, 1.82) is 0 Å². The third-order valence-corrected chi connectivity index (χ3v) is 4.51. The van der Waals surface area contributed by atoms with Gasteiger partial charge in [-0.15, -0.1) is 0 Å². The monoisotopic (exact) mass is 344 g/mol.